The number of esters is 2. The molecule has 2 aromatic rings. The van der Waals surface area contributed by atoms with E-state index in [2.05, 4.69) is 20.0 Å². The van der Waals surface area contributed by atoms with Gasteiger partial charge in [0.25, 0.3) is 13.7 Å². The van der Waals surface area contributed by atoms with Crippen LogP contribution in [0.15, 0.2) is 16.7 Å². The highest BCUT2D eigenvalue weighted by Crippen LogP contribution is 2.54. The highest BCUT2D eigenvalue weighted by atomic mass is 31.1. The molecule has 14 heteroatoms. The van der Waals surface area contributed by atoms with E-state index >= 15 is 0 Å². The molecule has 0 amide bonds. The molecule has 35 heavy (non-hydrogen) atoms. The van der Waals surface area contributed by atoms with Crippen LogP contribution in [-0.2, 0) is 28.2 Å². The normalized spacial score (nSPS) is 21.0. The Bertz CT molecular complexity index is 1210. The van der Waals surface area contributed by atoms with Gasteiger partial charge < -0.3 is 19.7 Å². The third-order valence-electron chi connectivity index (χ3n) is 5.56. The highest BCUT2D eigenvalue weighted by Gasteiger charge is 2.51. The fourth-order valence-corrected chi connectivity index (χ4v) is 4.49. The van der Waals surface area contributed by atoms with Gasteiger partial charge in [-0.05, 0) is 32.3 Å². The lowest BCUT2D eigenvalue weighted by Gasteiger charge is -2.19. The molecule has 2 aromatic heterocycles. The standard InChI is InChI=1S/C21H31N6O7P/c1-5-6-12(2)34-19(30)13(3)26-35(31)33-10-21(9-32-14(4)28)7-15(21)8-27-11-23-16-17(27)24-20(22)25-18(16)29/h8,11-13,35H,5-7,9-10H2,1-4H3,(H,26,31)(H3,22,24,25,29)/b15-8-/t12-,13-,21-/m0/s1. The fraction of sp³-hybridized carbons (Fsp3) is 0.571. The topological polar surface area (TPSA) is 181 Å². The number of carbonyl (C=O) groups is 2. The average molecular weight is 510 g/mol. The number of ether oxygens (including phenoxy) is 2. The minimum atomic E-state index is -2.80. The van der Waals surface area contributed by atoms with Crippen molar-refractivity contribution in [1.29, 1.82) is 0 Å². The number of nitrogens with one attached hydrogen (secondary N) is 2. The van der Waals surface area contributed by atoms with Crippen molar-refractivity contribution in [2.75, 3.05) is 18.9 Å². The number of anilines is 1. The molecule has 1 saturated carbocycles. The number of hydrogen-bond acceptors (Lipinski definition) is 10. The molecule has 1 fully saturated rings. The molecule has 3 rings (SSSR count). The van der Waals surface area contributed by atoms with E-state index in [0.717, 1.165) is 18.4 Å². The molecular formula is C21H31N6O7P. The van der Waals surface area contributed by atoms with Crippen LogP contribution in [0.5, 0.6) is 0 Å². The Hall–Kier alpha value is -3.02. The number of nitrogen functional groups attached to an aromatic ring is 1. The van der Waals surface area contributed by atoms with E-state index in [-0.39, 0.29) is 36.4 Å². The van der Waals surface area contributed by atoms with E-state index in [1.165, 1.54) is 13.3 Å². The number of aromatic nitrogens is 4. The largest absolute Gasteiger partial charge is 0.465 e. The van der Waals surface area contributed by atoms with Gasteiger partial charge in [0.05, 0.1) is 18.1 Å². The van der Waals surface area contributed by atoms with Crippen LogP contribution in [0.3, 0.4) is 0 Å². The minimum absolute atomic E-state index is 0.0121. The van der Waals surface area contributed by atoms with Crippen molar-refractivity contribution < 1.29 is 28.2 Å². The van der Waals surface area contributed by atoms with Crippen LogP contribution in [0, 0.1) is 5.41 Å². The minimum Gasteiger partial charge on any atom is -0.465 e. The van der Waals surface area contributed by atoms with E-state index in [4.69, 9.17) is 19.7 Å². The molecule has 0 spiro atoms. The maximum absolute atomic E-state index is 12.5. The number of H-pyrrole nitrogens is 1. The second kappa shape index (κ2) is 11.1. The van der Waals surface area contributed by atoms with Crippen molar-refractivity contribution in [2.24, 2.45) is 5.41 Å². The predicted molar refractivity (Wildman–Crippen MR) is 129 cm³/mol. The maximum Gasteiger partial charge on any atom is 0.323 e. The number of aromatic amines is 1. The summed E-state index contributed by atoms with van der Waals surface area (Å²) in [6.07, 6.45) is 5.00. The van der Waals surface area contributed by atoms with Gasteiger partial charge in [-0.15, -0.1) is 0 Å². The molecule has 0 radical (unpaired) electrons. The number of hydrogen-bond donors (Lipinski definition) is 3. The first-order chi connectivity index (χ1) is 16.5. The van der Waals surface area contributed by atoms with Crippen LogP contribution in [-0.4, -0.2) is 56.8 Å². The lowest BCUT2D eigenvalue weighted by molar-refractivity contribution is -0.150. The molecular weight excluding hydrogens is 479 g/mol. The Morgan fingerprint density at radius 1 is 1.40 bits per heavy atom. The van der Waals surface area contributed by atoms with E-state index in [1.54, 1.807) is 24.6 Å². The Morgan fingerprint density at radius 3 is 2.83 bits per heavy atom. The molecule has 1 aliphatic rings. The summed E-state index contributed by atoms with van der Waals surface area (Å²) in [4.78, 5) is 46.1. The molecule has 0 bridgehead atoms. The number of rotatable bonds is 12. The molecule has 2 heterocycles. The SMILES string of the molecule is CCC[C@H](C)OC(=O)[C@H](C)N[PH](=O)OC[C@@]1(COC(C)=O)C/C1=C/n1cnc2c(=O)[nH]c(N)nc21. The number of nitrogens with two attached hydrogens (primary N) is 1. The Morgan fingerprint density at radius 2 is 2.14 bits per heavy atom. The number of imidazole rings is 1. The molecule has 1 aliphatic carbocycles. The molecule has 1 unspecified atom stereocenters. The van der Waals surface area contributed by atoms with E-state index in [9.17, 15) is 18.9 Å². The van der Waals surface area contributed by atoms with Gasteiger partial charge >= 0.3 is 11.9 Å². The summed E-state index contributed by atoms with van der Waals surface area (Å²) in [6.45, 7) is 6.63. The van der Waals surface area contributed by atoms with Crippen LogP contribution in [0.2, 0.25) is 0 Å². The fourth-order valence-electron chi connectivity index (χ4n) is 3.52. The Balaban J connectivity index is 1.67. The zero-order valence-electron chi connectivity index (χ0n) is 20.1. The maximum atomic E-state index is 12.5. The van der Waals surface area contributed by atoms with Gasteiger partial charge in [-0.25, -0.2) is 10.1 Å². The quantitative estimate of drug-likeness (QED) is 0.279. The summed E-state index contributed by atoms with van der Waals surface area (Å²) in [5, 5.41) is 2.63. The molecule has 0 saturated heterocycles. The summed E-state index contributed by atoms with van der Waals surface area (Å²) in [7, 11) is -2.80. The molecule has 4 N–H and O–H groups in total. The summed E-state index contributed by atoms with van der Waals surface area (Å²) >= 11 is 0. The summed E-state index contributed by atoms with van der Waals surface area (Å²) in [5.74, 6) is -1.02. The van der Waals surface area contributed by atoms with Gasteiger partial charge in [0.2, 0.25) is 5.95 Å². The summed E-state index contributed by atoms with van der Waals surface area (Å²) < 4.78 is 30.1. The first kappa shape index (κ1) is 26.6. The van der Waals surface area contributed by atoms with Crippen LogP contribution < -0.4 is 16.4 Å². The second-order valence-corrected chi connectivity index (χ2v) is 9.80. The molecule has 4 atom stereocenters. The van der Waals surface area contributed by atoms with Gasteiger partial charge in [0, 0.05) is 13.1 Å². The van der Waals surface area contributed by atoms with E-state index < -0.39 is 37.1 Å². The van der Waals surface area contributed by atoms with E-state index in [0.29, 0.717) is 6.42 Å². The molecule has 0 aromatic carbocycles. The van der Waals surface area contributed by atoms with Crippen molar-refractivity contribution in [1.82, 2.24) is 24.6 Å². The lowest BCUT2D eigenvalue weighted by atomic mass is 10.1. The van der Waals surface area contributed by atoms with Crippen LogP contribution in [0.4, 0.5) is 5.95 Å². The average Bonchev–Trinajstić information content (AvgIpc) is 3.31. The Labute approximate surface area is 202 Å². The molecule has 13 nitrogen and oxygen atoms in total. The predicted octanol–water partition coefficient (Wildman–Crippen LogP) is 1.61. The van der Waals surface area contributed by atoms with Gasteiger partial charge in [-0.2, -0.15) is 4.98 Å². The first-order valence-electron chi connectivity index (χ1n) is 11.2. The van der Waals surface area contributed by atoms with Gasteiger partial charge in [0.15, 0.2) is 11.2 Å². The smallest absolute Gasteiger partial charge is 0.323 e. The molecule has 0 aliphatic heterocycles. The van der Waals surface area contributed by atoms with E-state index in [1.807, 2.05) is 6.92 Å². The zero-order valence-corrected chi connectivity index (χ0v) is 21.1. The third kappa shape index (κ3) is 6.77. The van der Waals surface area contributed by atoms with Gasteiger partial charge in [-0.3, -0.25) is 28.5 Å². The van der Waals surface area contributed by atoms with Gasteiger partial charge in [-0.1, -0.05) is 13.3 Å². The first-order valence-corrected chi connectivity index (χ1v) is 12.6. The number of fused-ring (bicyclic) bond motifs is 1. The zero-order chi connectivity index (χ0) is 25.8. The Kier molecular flexibility index (Phi) is 8.47. The van der Waals surface area contributed by atoms with Crippen LogP contribution in [0.25, 0.3) is 17.4 Å². The second-order valence-electron chi connectivity index (χ2n) is 8.65. The number of nitrogens with zero attached hydrogens (tertiary/aromatic N) is 3. The van der Waals surface area contributed by atoms with Crippen LogP contribution in [0.1, 0.15) is 47.0 Å². The van der Waals surface area contributed by atoms with Gasteiger partial charge in [0.1, 0.15) is 19.0 Å². The lowest BCUT2D eigenvalue weighted by Crippen LogP contribution is -2.33. The van der Waals surface area contributed by atoms with Crippen LogP contribution >= 0.6 is 8.18 Å². The summed E-state index contributed by atoms with van der Waals surface area (Å²) in [6, 6.07) is -0.814. The van der Waals surface area contributed by atoms with Crippen molar-refractivity contribution in [3.8, 4) is 0 Å². The third-order valence-corrected chi connectivity index (χ3v) is 6.64. The molecule has 192 valence electrons. The van der Waals surface area contributed by atoms with Crippen molar-refractivity contribution in [3.05, 3.63) is 22.3 Å². The van der Waals surface area contributed by atoms with Crippen molar-refractivity contribution in [3.63, 3.8) is 0 Å². The summed E-state index contributed by atoms with van der Waals surface area (Å²) in [5.41, 5.74) is 5.68. The van der Waals surface area contributed by atoms with Crippen molar-refractivity contribution in [2.45, 2.75) is 59.1 Å². The highest BCUT2D eigenvalue weighted by molar-refractivity contribution is 7.36. The van der Waals surface area contributed by atoms with Crippen molar-refractivity contribution >= 4 is 43.4 Å². The number of carbonyl (C=O) groups excluding carboxylic acids is 2. The monoisotopic (exact) mass is 510 g/mol.